The van der Waals surface area contributed by atoms with Gasteiger partial charge in [0.2, 0.25) is 0 Å². The van der Waals surface area contributed by atoms with Gasteiger partial charge in [-0.05, 0) is 54.5 Å². The fraction of sp³-hybridized carbons (Fsp3) is 0.481. The summed E-state index contributed by atoms with van der Waals surface area (Å²) >= 11 is 0. The van der Waals surface area contributed by atoms with Crippen LogP contribution in [0.2, 0.25) is 0 Å². The maximum Gasteiger partial charge on any atom is 0.410 e. The first-order chi connectivity index (χ1) is 16.1. The van der Waals surface area contributed by atoms with Crippen LogP contribution >= 0.6 is 0 Å². The van der Waals surface area contributed by atoms with Crippen LogP contribution in [-0.2, 0) is 9.53 Å². The molecule has 2 fully saturated rings. The number of aliphatic carboxylic acids is 1. The monoisotopic (exact) mass is 448 g/mol. The topological polar surface area (TPSA) is 70.1 Å². The van der Waals surface area contributed by atoms with Crippen molar-refractivity contribution in [2.45, 2.75) is 56.5 Å². The van der Waals surface area contributed by atoms with E-state index in [9.17, 15) is 14.7 Å². The Morgan fingerprint density at radius 1 is 1.06 bits per heavy atom. The quantitative estimate of drug-likeness (QED) is 0.692. The summed E-state index contributed by atoms with van der Waals surface area (Å²) in [5.41, 5.74) is 3.45. The van der Waals surface area contributed by atoms with Gasteiger partial charge >= 0.3 is 12.1 Å². The van der Waals surface area contributed by atoms with E-state index in [1.807, 2.05) is 31.2 Å². The van der Waals surface area contributed by atoms with Gasteiger partial charge in [0.1, 0.15) is 6.61 Å². The standard InChI is InChI=1S/C27H32N2O4/c1-2-15-29(27(25(30)31)14-17-28-16-8-7-13-24(27)28)26(32)33-18-23-21-11-5-3-9-19(21)20-10-4-6-12-22(20)23/h3-6,9-12,23-24H,2,7-8,13-18H2,1H3,(H,30,31). The van der Waals surface area contributed by atoms with Crippen LogP contribution in [0.1, 0.15) is 56.1 Å². The maximum atomic E-state index is 13.5. The molecule has 1 amide bonds. The Morgan fingerprint density at radius 2 is 1.73 bits per heavy atom. The van der Waals surface area contributed by atoms with Crippen LogP contribution < -0.4 is 0 Å². The first-order valence-electron chi connectivity index (χ1n) is 12.2. The zero-order chi connectivity index (χ0) is 23.0. The van der Waals surface area contributed by atoms with Crippen molar-refractivity contribution in [3.63, 3.8) is 0 Å². The highest BCUT2D eigenvalue weighted by molar-refractivity contribution is 5.86. The molecule has 0 aromatic heterocycles. The highest BCUT2D eigenvalue weighted by atomic mass is 16.6. The first kappa shape index (κ1) is 22.0. The number of carbonyl (C=O) groups excluding carboxylic acids is 1. The number of fused-ring (bicyclic) bond motifs is 4. The SMILES string of the molecule is CCCN(C(=O)OCC1c2ccccc2-c2ccccc21)C1(C(=O)O)CCN2CCCCC21. The molecule has 6 heteroatoms. The van der Waals surface area contributed by atoms with Gasteiger partial charge in [-0.3, -0.25) is 9.80 Å². The molecule has 1 aliphatic carbocycles. The molecular formula is C27H32N2O4. The van der Waals surface area contributed by atoms with E-state index >= 15 is 0 Å². The van der Waals surface area contributed by atoms with Gasteiger partial charge in [0.05, 0.1) is 0 Å². The van der Waals surface area contributed by atoms with Crippen molar-refractivity contribution in [3.8, 4) is 11.1 Å². The third kappa shape index (κ3) is 3.52. The molecule has 5 rings (SSSR count). The summed E-state index contributed by atoms with van der Waals surface area (Å²) in [6, 6.07) is 16.3. The molecule has 6 nitrogen and oxygen atoms in total. The Labute approximate surface area is 195 Å². The smallest absolute Gasteiger partial charge is 0.410 e. The molecule has 33 heavy (non-hydrogen) atoms. The van der Waals surface area contributed by atoms with Gasteiger partial charge in [-0.25, -0.2) is 9.59 Å². The molecule has 2 aromatic rings. The summed E-state index contributed by atoms with van der Waals surface area (Å²) in [4.78, 5) is 30.0. The lowest BCUT2D eigenvalue weighted by Crippen LogP contribution is -2.64. The Kier molecular flexibility index (Phi) is 5.87. The molecule has 0 spiro atoms. The Bertz CT molecular complexity index is 1010. The van der Waals surface area contributed by atoms with E-state index in [2.05, 4.69) is 29.2 Å². The van der Waals surface area contributed by atoms with Crippen molar-refractivity contribution in [1.29, 1.82) is 0 Å². The van der Waals surface area contributed by atoms with E-state index in [1.54, 1.807) is 0 Å². The lowest BCUT2D eigenvalue weighted by atomic mass is 9.83. The van der Waals surface area contributed by atoms with Crippen molar-refractivity contribution in [3.05, 3.63) is 59.7 Å². The molecule has 2 unspecified atom stereocenters. The highest BCUT2D eigenvalue weighted by Crippen LogP contribution is 2.45. The number of carboxylic acid groups (broad SMARTS) is 1. The van der Waals surface area contributed by atoms with Crippen molar-refractivity contribution in [2.24, 2.45) is 0 Å². The predicted octanol–water partition coefficient (Wildman–Crippen LogP) is 4.73. The number of carboxylic acids is 1. The number of rotatable bonds is 6. The number of hydrogen-bond donors (Lipinski definition) is 1. The zero-order valence-electron chi connectivity index (χ0n) is 19.2. The van der Waals surface area contributed by atoms with Crippen LogP contribution in [0.3, 0.4) is 0 Å². The maximum absolute atomic E-state index is 13.5. The average molecular weight is 449 g/mol. The van der Waals surface area contributed by atoms with E-state index in [-0.39, 0.29) is 18.6 Å². The van der Waals surface area contributed by atoms with Crippen LogP contribution in [0.15, 0.2) is 48.5 Å². The fourth-order valence-corrected chi connectivity index (χ4v) is 6.31. The first-order valence-corrected chi connectivity index (χ1v) is 12.2. The fourth-order valence-electron chi connectivity index (χ4n) is 6.31. The molecule has 2 heterocycles. The average Bonchev–Trinajstić information content (AvgIpc) is 3.38. The lowest BCUT2D eigenvalue weighted by Gasteiger charge is -2.44. The summed E-state index contributed by atoms with van der Waals surface area (Å²) < 4.78 is 5.93. The minimum atomic E-state index is -1.21. The zero-order valence-corrected chi connectivity index (χ0v) is 19.2. The Hall–Kier alpha value is -2.86. The molecule has 174 valence electrons. The summed E-state index contributed by atoms with van der Waals surface area (Å²) in [6.45, 7) is 4.19. The summed E-state index contributed by atoms with van der Waals surface area (Å²) in [6.07, 6.45) is 3.53. The van der Waals surface area contributed by atoms with Gasteiger partial charge in [-0.2, -0.15) is 0 Å². The third-order valence-electron chi connectivity index (χ3n) is 7.80. The minimum Gasteiger partial charge on any atom is -0.479 e. The normalized spacial score (nSPS) is 24.1. The number of hydrogen-bond acceptors (Lipinski definition) is 4. The molecule has 2 atom stereocenters. The second-order valence-corrected chi connectivity index (χ2v) is 9.48. The van der Waals surface area contributed by atoms with Gasteiger partial charge in [-0.15, -0.1) is 0 Å². The highest BCUT2D eigenvalue weighted by Gasteiger charge is 2.58. The van der Waals surface area contributed by atoms with Crippen molar-refractivity contribution < 1.29 is 19.4 Å². The summed E-state index contributed by atoms with van der Waals surface area (Å²) in [7, 11) is 0. The van der Waals surface area contributed by atoms with E-state index in [1.165, 1.54) is 16.0 Å². The number of benzene rings is 2. The number of ether oxygens (including phenoxy) is 1. The molecule has 2 saturated heterocycles. The van der Waals surface area contributed by atoms with E-state index in [0.29, 0.717) is 25.9 Å². The van der Waals surface area contributed by atoms with Gasteiger partial charge in [0.25, 0.3) is 0 Å². The van der Waals surface area contributed by atoms with Crippen molar-refractivity contribution in [1.82, 2.24) is 9.80 Å². The lowest BCUT2D eigenvalue weighted by molar-refractivity contribution is -0.153. The molecular weight excluding hydrogens is 416 g/mol. The van der Waals surface area contributed by atoms with Crippen molar-refractivity contribution in [2.75, 3.05) is 26.2 Å². The minimum absolute atomic E-state index is 0.0413. The number of nitrogens with zero attached hydrogens (tertiary/aromatic N) is 2. The predicted molar refractivity (Wildman–Crippen MR) is 126 cm³/mol. The largest absolute Gasteiger partial charge is 0.479 e. The molecule has 0 bridgehead atoms. The van der Waals surface area contributed by atoms with Crippen LogP contribution in [-0.4, -0.2) is 64.8 Å². The molecule has 0 radical (unpaired) electrons. The van der Waals surface area contributed by atoms with Crippen LogP contribution in [0.25, 0.3) is 11.1 Å². The third-order valence-corrected chi connectivity index (χ3v) is 7.80. The number of piperidine rings is 1. The molecule has 3 aliphatic rings. The van der Waals surface area contributed by atoms with E-state index in [0.717, 1.165) is 36.9 Å². The second-order valence-electron chi connectivity index (χ2n) is 9.48. The van der Waals surface area contributed by atoms with E-state index < -0.39 is 17.6 Å². The molecule has 2 aromatic carbocycles. The van der Waals surface area contributed by atoms with E-state index in [4.69, 9.17) is 4.74 Å². The van der Waals surface area contributed by atoms with Crippen LogP contribution in [0.5, 0.6) is 0 Å². The Balaban J connectivity index is 1.41. The van der Waals surface area contributed by atoms with Gasteiger partial charge in [0, 0.05) is 25.0 Å². The van der Waals surface area contributed by atoms with Crippen LogP contribution in [0.4, 0.5) is 4.79 Å². The molecule has 2 aliphatic heterocycles. The van der Waals surface area contributed by atoms with Crippen molar-refractivity contribution >= 4 is 12.1 Å². The van der Waals surface area contributed by atoms with Gasteiger partial charge in [0.15, 0.2) is 5.54 Å². The van der Waals surface area contributed by atoms with Crippen LogP contribution in [0, 0.1) is 0 Å². The van der Waals surface area contributed by atoms with Gasteiger partial charge < -0.3 is 9.84 Å². The number of carbonyl (C=O) groups is 2. The van der Waals surface area contributed by atoms with Gasteiger partial charge in [-0.1, -0.05) is 61.9 Å². The second kappa shape index (κ2) is 8.82. The summed E-state index contributed by atoms with van der Waals surface area (Å²) in [5, 5.41) is 10.4. The summed E-state index contributed by atoms with van der Waals surface area (Å²) in [5.74, 6) is -0.945. The molecule has 0 saturated carbocycles. The molecule has 1 N–H and O–H groups in total. The Morgan fingerprint density at radius 3 is 2.36 bits per heavy atom. The number of amides is 1.